The minimum atomic E-state index is -0.492. The molecule has 3 aliphatic heterocycles. The van der Waals surface area contributed by atoms with E-state index in [0.29, 0.717) is 98.5 Å². The Labute approximate surface area is 341 Å². The fourth-order valence-corrected chi connectivity index (χ4v) is 4.68. The van der Waals surface area contributed by atoms with E-state index in [1.807, 2.05) is 75.4 Å². The molecular weight excluding hydrogens is 744 g/mol. The van der Waals surface area contributed by atoms with E-state index in [-0.39, 0.29) is 43.2 Å². The molecule has 0 unspecified atom stereocenters. The zero-order valence-corrected chi connectivity index (χ0v) is 36.3. The Morgan fingerprint density at radius 1 is 0.754 bits per heavy atom. The minimum absolute atomic E-state index is 0.0701. The average Bonchev–Trinajstić information content (AvgIpc) is 3.14. The van der Waals surface area contributed by atoms with Crippen LogP contribution in [0, 0.1) is 11.3 Å². The number of nitrogens with one attached hydrogen (secondary N) is 1. The zero-order chi connectivity index (χ0) is 43.5. The number of hydrogen-bond acceptors (Lipinski definition) is 15. The monoisotopic (exact) mass is 819 g/mol. The van der Waals surface area contributed by atoms with Crippen molar-refractivity contribution in [1.29, 1.82) is 5.26 Å². The Balaban J connectivity index is 0.000000792. The summed E-state index contributed by atoms with van der Waals surface area (Å²) in [6, 6.07) is 2.01. The van der Waals surface area contributed by atoms with Gasteiger partial charge >= 0.3 is 18.3 Å². The van der Waals surface area contributed by atoms with E-state index in [2.05, 4.69) is 11.9 Å². The summed E-state index contributed by atoms with van der Waals surface area (Å²) >= 11 is 0. The third-order valence-electron chi connectivity index (χ3n) is 7.24. The maximum absolute atomic E-state index is 11.9. The lowest BCUT2D eigenvalue weighted by atomic mass is 10.2. The molecule has 3 fully saturated rings. The van der Waals surface area contributed by atoms with Crippen LogP contribution in [0.4, 0.5) is 14.4 Å². The average molecular weight is 819 g/mol. The predicted octanol–water partition coefficient (Wildman–Crippen LogP) is 3.50. The molecule has 18 heteroatoms. The molecule has 18 nitrogen and oxygen atoms in total. The van der Waals surface area contributed by atoms with Crippen LogP contribution in [0.25, 0.3) is 0 Å². The first-order chi connectivity index (χ1) is 26.7. The summed E-state index contributed by atoms with van der Waals surface area (Å²) in [6.45, 7) is 26.8. The molecule has 0 spiro atoms. The molecule has 0 aromatic carbocycles. The van der Waals surface area contributed by atoms with Crippen LogP contribution in [0.3, 0.4) is 0 Å². The van der Waals surface area contributed by atoms with E-state index in [0.717, 1.165) is 6.42 Å². The molecule has 0 aromatic rings. The van der Waals surface area contributed by atoms with Crippen LogP contribution in [-0.2, 0) is 37.9 Å². The van der Waals surface area contributed by atoms with Gasteiger partial charge in [-0.15, -0.1) is 0 Å². The number of ether oxygens (including phenoxy) is 8. The van der Waals surface area contributed by atoms with Crippen molar-refractivity contribution in [1.82, 2.24) is 20.0 Å². The molecule has 3 rings (SSSR count). The number of hydrogen-bond donors (Lipinski definition) is 3. The Bertz CT molecular complexity index is 1170. The van der Waals surface area contributed by atoms with Gasteiger partial charge in [-0.1, -0.05) is 6.58 Å². The van der Waals surface area contributed by atoms with E-state index in [1.165, 1.54) is 0 Å². The van der Waals surface area contributed by atoms with Gasteiger partial charge in [-0.3, -0.25) is 0 Å². The lowest BCUT2D eigenvalue weighted by Gasteiger charge is -2.34. The molecule has 0 aromatic heterocycles. The maximum Gasteiger partial charge on any atom is 0.410 e. The highest BCUT2D eigenvalue weighted by molar-refractivity contribution is 5.69. The molecule has 3 amide bonds. The second-order valence-electron chi connectivity index (χ2n) is 16.1. The van der Waals surface area contributed by atoms with Crippen LogP contribution >= 0.6 is 0 Å². The summed E-state index contributed by atoms with van der Waals surface area (Å²) < 4.78 is 43.0. The van der Waals surface area contributed by atoms with Crippen molar-refractivity contribution in [3.8, 4) is 6.07 Å². The van der Waals surface area contributed by atoms with Gasteiger partial charge < -0.3 is 68.8 Å². The molecule has 3 aliphatic rings. The Hall–Kier alpha value is -3.44. The zero-order valence-electron chi connectivity index (χ0n) is 36.3. The van der Waals surface area contributed by atoms with Gasteiger partial charge in [0.1, 0.15) is 16.8 Å². The van der Waals surface area contributed by atoms with Crippen molar-refractivity contribution >= 4 is 18.3 Å². The quantitative estimate of drug-likeness (QED) is 0.201. The molecular formula is C39H74N6O12. The second-order valence-corrected chi connectivity index (χ2v) is 16.1. The highest BCUT2D eigenvalue weighted by Crippen LogP contribution is 2.15. The first kappa shape index (κ1) is 53.6. The van der Waals surface area contributed by atoms with E-state index >= 15 is 0 Å². The Kier molecular flexibility index (Phi) is 27.1. The number of nitriles is 1. The van der Waals surface area contributed by atoms with Crippen LogP contribution in [0.2, 0.25) is 0 Å². The van der Waals surface area contributed by atoms with E-state index in [1.54, 1.807) is 20.9 Å². The largest absolute Gasteiger partial charge is 0.444 e. The topological polar surface area (TPSA) is 217 Å². The van der Waals surface area contributed by atoms with Crippen molar-refractivity contribution in [2.75, 3.05) is 106 Å². The Morgan fingerprint density at radius 2 is 1.11 bits per heavy atom. The fourth-order valence-electron chi connectivity index (χ4n) is 4.68. The summed E-state index contributed by atoms with van der Waals surface area (Å²) in [5.41, 5.74) is 3.94. The smallest absolute Gasteiger partial charge is 0.410 e. The number of aliphatic hydroxyl groups excluding tert-OH is 1. The number of rotatable bonds is 11. The van der Waals surface area contributed by atoms with Gasteiger partial charge in [0, 0.05) is 33.3 Å². The highest BCUT2D eigenvalue weighted by Gasteiger charge is 2.30. The summed E-state index contributed by atoms with van der Waals surface area (Å²) in [6.07, 6.45) is 1.35. The van der Waals surface area contributed by atoms with Gasteiger partial charge in [0.15, 0.2) is 0 Å². The number of nitrogens with two attached hydrogens (primary N) is 1. The number of amides is 3. The molecule has 57 heavy (non-hydrogen) atoms. The van der Waals surface area contributed by atoms with Gasteiger partial charge in [-0.2, -0.15) is 5.26 Å². The van der Waals surface area contributed by atoms with Gasteiger partial charge in [0.25, 0.3) is 0 Å². The number of nitrogens with zero attached hydrogens (tertiary/aromatic N) is 4. The van der Waals surface area contributed by atoms with Crippen LogP contribution in [0.15, 0.2) is 12.8 Å². The Morgan fingerprint density at radius 3 is 1.42 bits per heavy atom. The number of carbonyl (C=O) groups excluding carboxylic acids is 3. The molecule has 3 heterocycles. The van der Waals surface area contributed by atoms with Crippen molar-refractivity contribution < 1.29 is 57.4 Å². The highest BCUT2D eigenvalue weighted by atomic mass is 16.6. The molecule has 332 valence electrons. The van der Waals surface area contributed by atoms with Crippen LogP contribution in [0.5, 0.6) is 0 Å². The molecule has 0 aliphatic carbocycles. The van der Waals surface area contributed by atoms with Crippen molar-refractivity contribution in [3.63, 3.8) is 0 Å². The number of aliphatic hydroxyl groups is 1. The van der Waals surface area contributed by atoms with Gasteiger partial charge in [0.05, 0.1) is 96.7 Å². The van der Waals surface area contributed by atoms with Crippen LogP contribution in [0.1, 0.15) is 75.2 Å². The predicted molar refractivity (Wildman–Crippen MR) is 215 cm³/mol. The number of carbonyl (C=O) groups is 3. The summed E-state index contributed by atoms with van der Waals surface area (Å²) in [4.78, 5) is 40.3. The molecule has 4 N–H and O–H groups in total. The first-order valence-electron chi connectivity index (χ1n) is 19.6. The molecule has 0 saturated carbocycles. The van der Waals surface area contributed by atoms with Crippen LogP contribution < -0.4 is 11.1 Å². The van der Waals surface area contributed by atoms with Crippen LogP contribution in [-0.4, -0.2) is 179 Å². The van der Waals surface area contributed by atoms with Gasteiger partial charge in [0.2, 0.25) is 0 Å². The van der Waals surface area contributed by atoms with E-state index in [4.69, 9.17) is 54.0 Å². The normalized spacial score (nSPS) is 19.8. The molecule has 3 saturated heterocycles. The first-order valence-corrected chi connectivity index (χ1v) is 19.6. The third-order valence-corrected chi connectivity index (χ3v) is 7.24. The SMILES string of the molecule is C=CNC.CC(C)(C)OC(=O)N1CCO[C@H](CO)C1.CC(C)(C)OC(=O)N1CCO[C@H](COCCC#N)C1.CC(C)(C)OC(=O)N1CCO[C@H](COCCCN)C1. The van der Waals surface area contributed by atoms with Crippen molar-refractivity contribution in [2.45, 2.75) is 110 Å². The molecule has 0 radical (unpaired) electrons. The molecule has 0 bridgehead atoms. The van der Waals surface area contributed by atoms with Crippen molar-refractivity contribution in [2.24, 2.45) is 5.73 Å². The van der Waals surface area contributed by atoms with Gasteiger partial charge in [-0.05, 0) is 81.5 Å². The summed E-state index contributed by atoms with van der Waals surface area (Å²) in [7, 11) is 1.81. The third kappa shape index (κ3) is 28.6. The van der Waals surface area contributed by atoms with E-state index in [9.17, 15) is 14.4 Å². The maximum atomic E-state index is 11.9. The summed E-state index contributed by atoms with van der Waals surface area (Å²) in [5.74, 6) is 0. The lowest BCUT2D eigenvalue weighted by Crippen LogP contribution is -2.48. The fraction of sp³-hybridized carbons (Fsp3) is 0.846. The minimum Gasteiger partial charge on any atom is -0.444 e. The van der Waals surface area contributed by atoms with Crippen molar-refractivity contribution in [3.05, 3.63) is 12.8 Å². The van der Waals surface area contributed by atoms with Gasteiger partial charge in [-0.25, -0.2) is 14.4 Å². The second kappa shape index (κ2) is 28.9. The number of morpholine rings is 3. The standard InChI is InChI=1S/C13H26N2O4.C13H22N2O4.C10H19NO4.C3H7N/c2*1-13(2,3)19-12(16)15-6-8-18-11(9-15)10-17-7-4-5-14;1-10(2,3)15-9(13)11-4-5-14-8(6-11)7-12;1-3-4-2/h11H,4-10,14H2,1-3H3;11H,4,6-10H2,1-3H3;8,12H,4-7H2,1-3H3;3-4H,1H2,2H3/t2*11-;8-;/m000./s1. The molecule has 3 atom stereocenters. The van der Waals surface area contributed by atoms with E-state index < -0.39 is 16.8 Å². The lowest BCUT2D eigenvalue weighted by molar-refractivity contribution is -0.0724. The summed E-state index contributed by atoms with van der Waals surface area (Å²) in [5, 5.41) is 20.0.